The molecule has 3 rings (SSSR count). The third-order valence-electron chi connectivity index (χ3n) is 5.43. The molecule has 8 nitrogen and oxygen atoms in total. The highest BCUT2D eigenvalue weighted by Crippen LogP contribution is 2.34. The van der Waals surface area contributed by atoms with Gasteiger partial charge in [-0.3, -0.25) is 4.79 Å². The van der Waals surface area contributed by atoms with Crippen molar-refractivity contribution in [2.45, 2.75) is 46.8 Å². The Labute approximate surface area is 193 Å². The number of benzene rings is 2. The zero-order valence-electron chi connectivity index (χ0n) is 19.4. The summed E-state index contributed by atoms with van der Waals surface area (Å²) >= 11 is 0. The number of ether oxygens (including phenoxy) is 2. The van der Waals surface area contributed by atoms with Crippen LogP contribution in [0.2, 0.25) is 0 Å². The molecule has 1 aliphatic heterocycles. The standard InChI is InChI=1S/C25H29N3O5/c1-6-32-24(30)17(5)33-20-10-8-7-9-19(20)22-21(16(4)26-25(31)28-22)23(29)27-18-12-11-14(2)15(3)13-18/h7-13,17,22H,6H2,1-5H3,(H,27,29)(H2,26,28,31)/t17-,22+/m0/s1. The molecular formula is C25H29N3O5. The summed E-state index contributed by atoms with van der Waals surface area (Å²) in [6.07, 6.45) is -0.860. The van der Waals surface area contributed by atoms with E-state index in [9.17, 15) is 14.4 Å². The number of rotatable bonds is 7. The molecule has 0 fully saturated rings. The molecule has 0 bridgehead atoms. The number of nitrogens with one attached hydrogen (secondary N) is 3. The lowest BCUT2D eigenvalue weighted by Gasteiger charge is -2.30. The average molecular weight is 452 g/mol. The van der Waals surface area contributed by atoms with Gasteiger partial charge in [0.2, 0.25) is 0 Å². The molecule has 1 aliphatic rings. The van der Waals surface area contributed by atoms with Crippen LogP contribution in [0.5, 0.6) is 5.75 Å². The highest BCUT2D eigenvalue weighted by Gasteiger charge is 2.33. The number of allylic oxidation sites excluding steroid dienone is 1. The van der Waals surface area contributed by atoms with Gasteiger partial charge < -0.3 is 25.4 Å². The number of urea groups is 1. The largest absolute Gasteiger partial charge is 0.479 e. The summed E-state index contributed by atoms with van der Waals surface area (Å²) in [5, 5.41) is 8.39. The van der Waals surface area contributed by atoms with Crippen molar-refractivity contribution in [1.82, 2.24) is 10.6 Å². The first-order valence-electron chi connectivity index (χ1n) is 10.8. The Hall–Kier alpha value is -3.81. The Balaban J connectivity index is 1.94. The van der Waals surface area contributed by atoms with Crippen molar-refractivity contribution in [3.8, 4) is 5.75 Å². The molecular weight excluding hydrogens is 422 g/mol. The first-order chi connectivity index (χ1) is 15.7. The van der Waals surface area contributed by atoms with Gasteiger partial charge in [-0.2, -0.15) is 0 Å². The molecule has 0 saturated heterocycles. The van der Waals surface area contributed by atoms with Crippen LogP contribution in [-0.2, 0) is 14.3 Å². The van der Waals surface area contributed by atoms with E-state index >= 15 is 0 Å². The predicted molar refractivity (Wildman–Crippen MR) is 125 cm³/mol. The third-order valence-corrected chi connectivity index (χ3v) is 5.43. The molecule has 0 spiro atoms. The molecule has 3 amide bonds. The van der Waals surface area contributed by atoms with Crippen LogP contribution in [0, 0.1) is 13.8 Å². The smallest absolute Gasteiger partial charge is 0.347 e. The van der Waals surface area contributed by atoms with E-state index in [1.807, 2.05) is 32.0 Å². The van der Waals surface area contributed by atoms with Crippen molar-refractivity contribution in [3.05, 3.63) is 70.4 Å². The van der Waals surface area contributed by atoms with Gasteiger partial charge >= 0.3 is 12.0 Å². The van der Waals surface area contributed by atoms with Crippen LogP contribution in [-0.4, -0.2) is 30.6 Å². The molecule has 0 radical (unpaired) electrons. The maximum atomic E-state index is 13.3. The number of para-hydroxylation sites is 1. The van der Waals surface area contributed by atoms with Gasteiger partial charge in [-0.15, -0.1) is 0 Å². The minimum absolute atomic E-state index is 0.239. The number of hydrogen-bond acceptors (Lipinski definition) is 5. The molecule has 2 atom stereocenters. The molecule has 0 unspecified atom stereocenters. The normalized spacial score (nSPS) is 16.4. The van der Waals surface area contributed by atoms with Gasteiger partial charge in [-0.1, -0.05) is 24.3 Å². The molecule has 174 valence electrons. The van der Waals surface area contributed by atoms with Crippen LogP contribution in [0.15, 0.2) is 53.7 Å². The summed E-state index contributed by atoms with van der Waals surface area (Å²) in [5.41, 5.74) is 4.14. The first-order valence-corrected chi connectivity index (χ1v) is 10.8. The number of carbonyl (C=O) groups is 3. The maximum absolute atomic E-state index is 13.3. The summed E-state index contributed by atoms with van der Waals surface area (Å²) < 4.78 is 10.9. The lowest BCUT2D eigenvalue weighted by atomic mass is 9.94. The topological polar surface area (TPSA) is 106 Å². The first kappa shape index (κ1) is 23.8. The lowest BCUT2D eigenvalue weighted by Crippen LogP contribution is -2.46. The third kappa shape index (κ3) is 5.52. The van der Waals surface area contributed by atoms with Crippen molar-refractivity contribution < 1.29 is 23.9 Å². The van der Waals surface area contributed by atoms with Crippen LogP contribution in [0.4, 0.5) is 10.5 Å². The summed E-state index contributed by atoms with van der Waals surface area (Å²) in [5.74, 6) is -0.489. The molecule has 8 heteroatoms. The second-order valence-corrected chi connectivity index (χ2v) is 7.87. The fourth-order valence-corrected chi connectivity index (χ4v) is 3.57. The van der Waals surface area contributed by atoms with Crippen molar-refractivity contribution in [2.24, 2.45) is 0 Å². The number of aryl methyl sites for hydroxylation is 2. The number of amides is 3. The monoisotopic (exact) mass is 451 g/mol. The van der Waals surface area contributed by atoms with Crippen molar-refractivity contribution in [1.29, 1.82) is 0 Å². The quantitative estimate of drug-likeness (QED) is 0.554. The maximum Gasteiger partial charge on any atom is 0.347 e. The molecule has 0 aliphatic carbocycles. The Kier molecular flexibility index (Phi) is 7.37. The highest BCUT2D eigenvalue weighted by molar-refractivity contribution is 6.07. The zero-order chi connectivity index (χ0) is 24.1. The zero-order valence-corrected chi connectivity index (χ0v) is 19.4. The summed E-state index contributed by atoms with van der Waals surface area (Å²) in [6.45, 7) is 9.19. The predicted octanol–water partition coefficient (Wildman–Crippen LogP) is 3.90. The molecule has 1 heterocycles. The highest BCUT2D eigenvalue weighted by atomic mass is 16.6. The van der Waals surface area contributed by atoms with Gasteiger partial charge in [-0.25, -0.2) is 9.59 Å². The van der Waals surface area contributed by atoms with E-state index in [-0.39, 0.29) is 12.5 Å². The van der Waals surface area contributed by atoms with E-state index in [1.54, 1.807) is 45.0 Å². The Morgan fingerprint density at radius 2 is 1.82 bits per heavy atom. The Morgan fingerprint density at radius 1 is 1.09 bits per heavy atom. The number of anilines is 1. The van der Waals surface area contributed by atoms with Gasteiger partial charge in [-0.05, 0) is 63.9 Å². The van der Waals surface area contributed by atoms with Crippen molar-refractivity contribution >= 4 is 23.6 Å². The van der Waals surface area contributed by atoms with Crippen molar-refractivity contribution in [2.75, 3.05) is 11.9 Å². The van der Waals surface area contributed by atoms with Gasteiger partial charge in [0.05, 0.1) is 18.2 Å². The van der Waals surface area contributed by atoms with E-state index < -0.39 is 24.1 Å². The van der Waals surface area contributed by atoms with E-state index in [0.717, 1.165) is 11.1 Å². The van der Waals surface area contributed by atoms with Crippen LogP contribution in [0.1, 0.15) is 43.5 Å². The van der Waals surface area contributed by atoms with Crippen LogP contribution >= 0.6 is 0 Å². The van der Waals surface area contributed by atoms with E-state index in [1.165, 1.54) is 0 Å². The fourth-order valence-electron chi connectivity index (χ4n) is 3.57. The molecule has 2 aromatic carbocycles. The molecule has 3 N–H and O–H groups in total. The second-order valence-electron chi connectivity index (χ2n) is 7.87. The fraction of sp³-hybridized carbons (Fsp3) is 0.320. The summed E-state index contributed by atoms with van der Waals surface area (Å²) in [7, 11) is 0. The molecule has 2 aromatic rings. The van der Waals surface area contributed by atoms with E-state index in [4.69, 9.17) is 9.47 Å². The van der Waals surface area contributed by atoms with Gasteiger partial charge in [0.1, 0.15) is 5.75 Å². The van der Waals surface area contributed by atoms with Crippen molar-refractivity contribution in [3.63, 3.8) is 0 Å². The minimum Gasteiger partial charge on any atom is -0.479 e. The molecule has 0 aromatic heterocycles. The summed E-state index contributed by atoms with van der Waals surface area (Å²) in [4.78, 5) is 37.7. The number of carbonyl (C=O) groups excluding carboxylic acids is 3. The van der Waals surface area contributed by atoms with Gasteiger partial charge in [0.25, 0.3) is 5.91 Å². The number of hydrogen-bond donors (Lipinski definition) is 3. The number of esters is 1. The Bertz CT molecular complexity index is 1110. The van der Waals surface area contributed by atoms with Gasteiger partial charge in [0.15, 0.2) is 6.10 Å². The Morgan fingerprint density at radius 3 is 2.52 bits per heavy atom. The molecule has 0 saturated carbocycles. The summed E-state index contributed by atoms with van der Waals surface area (Å²) in [6, 6.07) is 11.4. The molecule has 33 heavy (non-hydrogen) atoms. The minimum atomic E-state index is -0.860. The van der Waals surface area contributed by atoms with Crippen LogP contribution < -0.4 is 20.7 Å². The van der Waals surface area contributed by atoms with Gasteiger partial charge in [0, 0.05) is 16.9 Å². The SMILES string of the molecule is CCOC(=O)[C@H](C)Oc1ccccc1[C@H]1NC(=O)NC(C)=C1C(=O)Nc1ccc(C)c(C)c1. The van der Waals surface area contributed by atoms with E-state index in [0.29, 0.717) is 28.3 Å². The van der Waals surface area contributed by atoms with Crippen LogP contribution in [0.3, 0.4) is 0 Å². The average Bonchev–Trinajstić information content (AvgIpc) is 2.76. The second kappa shape index (κ2) is 10.2. The van der Waals surface area contributed by atoms with E-state index in [2.05, 4.69) is 16.0 Å². The van der Waals surface area contributed by atoms with Crippen LogP contribution in [0.25, 0.3) is 0 Å². The lowest BCUT2D eigenvalue weighted by molar-refractivity contribution is -0.150.